The maximum Gasteiger partial charge on any atom is 0.239 e. The van der Waals surface area contributed by atoms with Crippen molar-refractivity contribution < 1.29 is 18.0 Å². The van der Waals surface area contributed by atoms with Crippen LogP contribution in [-0.4, -0.2) is 50.0 Å². The number of aromatic nitrogens is 2. The third-order valence-corrected chi connectivity index (χ3v) is 8.12. The van der Waals surface area contributed by atoms with Crippen molar-refractivity contribution in [2.24, 2.45) is 16.6 Å². The topological polar surface area (TPSA) is 108 Å². The molecule has 11 heteroatoms. The van der Waals surface area contributed by atoms with Crippen molar-refractivity contribution in [3.8, 4) is 6.07 Å². The number of carbonyl (C=O) groups is 1. The summed E-state index contributed by atoms with van der Waals surface area (Å²) < 4.78 is 42.6. The largest absolute Gasteiger partial charge is 0.378 e. The first-order chi connectivity index (χ1) is 16.7. The number of carbonyl (C=O) groups excluding carboxylic acids is 1. The lowest BCUT2D eigenvalue weighted by molar-refractivity contribution is -0.131. The molecule has 0 spiro atoms. The lowest BCUT2D eigenvalue weighted by Gasteiger charge is -2.34. The zero-order valence-corrected chi connectivity index (χ0v) is 19.5. The summed E-state index contributed by atoms with van der Waals surface area (Å²) in [5.41, 5.74) is 5.58. The number of rotatable bonds is 4. The second-order valence-electron chi connectivity index (χ2n) is 9.13. The van der Waals surface area contributed by atoms with E-state index >= 15 is 4.39 Å². The molecule has 4 heterocycles. The fourth-order valence-corrected chi connectivity index (χ4v) is 6.39. The first kappa shape index (κ1) is 23.4. The summed E-state index contributed by atoms with van der Waals surface area (Å²) in [4.78, 5) is 27.0. The highest BCUT2D eigenvalue weighted by molar-refractivity contribution is 8.15. The number of hydrogen-bond acceptors (Lipinski definition) is 7. The average Bonchev–Trinajstić information content (AvgIpc) is 3.44. The molecule has 1 saturated carbocycles. The average molecular weight is 499 g/mol. The summed E-state index contributed by atoms with van der Waals surface area (Å²) >= 11 is 1.14. The van der Waals surface area contributed by atoms with Gasteiger partial charge in [-0.1, -0.05) is 11.8 Å². The number of nitriles is 1. The molecular weight excluding hydrogens is 477 g/mol. The second kappa shape index (κ2) is 8.37. The minimum absolute atomic E-state index is 0.0148. The van der Waals surface area contributed by atoms with Crippen LogP contribution in [0.25, 0.3) is 11.9 Å². The Bertz CT molecular complexity index is 1310. The highest BCUT2D eigenvalue weighted by Gasteiger charge is 2.71. The van der Waals surface area contributed by atoms with Crippen molar-refractivity contribution in [3.05, 3.63) is 58.9 Å². The van der Waals surface area contributed by atoms with Crippen LogP contribution in [0.3, 0.4) is 0 Å². The Morgan fingerprint density at radius 1 is 1.37 bits per heavy atom. The number of amidine groups is 1. The van der Waals surface area contributed by atoms with Crippen LogP contribution in [0.1, 0.15) is 42.1 Å². The molecule has 1 amide bonds. The molecule has 2 aliphatic heterocycles. The molecule has 4 atom stereocenters. The highest BCUT2D eigenvalue weighted by Crippen LogP contribution is 2.66. The predicted molar refractivity (Wildman–Crippen MR) is 126 cm³/mol. The monoisotopic (exact) mass is 498 g/mol. The van der Waals surface area contributed by atoms with Gasteiger partial charge in [0.25, 0.3) is 0 Å². The van der Waals surface area contributed by atoms with Crippen LogP contribution in [0, 0.1) is 23.2 Å². The molecule has 0 bridgehead atoms. The summed E-state index contributed by atoms with van der Waals surface area (Å²) in [5.74, 6) is -2.06. The first-order valence-electron chi connectivity index (χ1n) is 11.0. The smallest absolute Gasteiger partial charge is 0.239 e. The van der Waals surface area contributed by atoms with Crippen LogP contribution >= 0.6 is 11.8 Å². The van der Waals surface area contributed by atoms with Gasteiger partial charge in [-0.2, -0.15) is 9.65 Å². The summed E-state index contributed by atoms with van der Waals surface area (Å²) in [6.45, 7) is 2.06. The fourth-order valence-electron chi connectivity index (χ4n) is 4.94. The molecule has 2 N–H and O–H groups in total. The SMILES string of the molecule is C[C@]1(c2cc(C=C(F)c3ccc(C#N)cn3)cnc2F)N=C(N)S[C@@]2(C(=O)N3CC[C@@H](F)C3)C[C@H]21. The summed E-state index contributed by atoms with van der Waals surface area (Å²) in [7, 11) is 0. The number of halogens is 3. The summed E-state index contributed by atoms with van der Waals surface area (Å²) in [5, 5.41) is 9.01. The molecule has 7 nitrogen and oxygen atoms in total. The predicted octanol–water partition coefficient (Wildman–Crippen LogP) is 3.56. The van der Waals surface area contributed by atoms with Gasteiger partial charge in [-0.15, -0.1) is 0 Å². The number of amides is 1. The molecule has 0 unspecified atom stereocenters. The first-order valence-corrected chi connectivity index (χ1v) is 11.9. The molecule has 35 heavy (non-hydrogen) atoms. The summed E-state index contributed by atoms with van der Waals surface area (Å²) in [6.07, 6.45) is 3.26. The van der Waals surface area contributed by atoms with E-state index in [0.29, 0.717) is 24.9 Å². The Hall–Kier alpha value is -3.39. The van der Waals surface area contributed by atoms with Gasteiger partial charge in [0.1, 0.15) is 22.8 Å². The number of fused-ring (bicyclic) bond motifs is 1. The van der Waals surface area contributed by atoms with Gasteiger partial charge in [0.05, 0.1) is 23.3 Å². The van der Waals surface area contributed by atoms with Crippen LogP contribution in [-0.2, 0) is 10.3 Å². The van der Waals surface area contributed by atoms with E-state index in [1.54, 1.807) is 6.92 Å². The van der Waals surface area contributed by atoms with Crippen LogP contribution in [0.15, 0.2) is 35.6 Å². The number of pyridine rings is 2. The van der Waals surface area contributed by atoms with Crippen LogP contribution < -0.4 is 5.73 Å². The normalized spacial score (nSPS) is 29.9. The molecule has 3 aliphatic rings. The Kier molecular flexibility index (Phi) is 5.59. The van der Waals surface area contributed by atoms with Crippen molar-refractivity contribution in [3.63, 3.8) is 0 Å². The second-order valence-corrected chi connectivity index (χ2v) is 10.5. The van der Waals surface area contributed by atoms with Gasteiger partial charge >= 0.3 is 0 Å². The zero-order valence-electron chi connectivity index (χ0n) is 18.7. The zero-order chi connectivity index (χ0) is 25.0. The molecule has 1 aliphatic carbocycles. The van der Waals surface area contributed by atoms with Crippen molar-refractivity contribution >= 4 is 34.7 Å². The van der Waals surface area contributed by atoms with Gasteiger partial charge in [-0.3, -0.25) is 14.8 Å². The van der Waals surface area contributed by atoms with Gasteiger partial charge in [0.2, 0.25) is 11.9 Å². The van der Waals surface area contributed by atoms with Gasteiger partial charge in [-0.25, -0.2) is 13.8 Å². The number of likely N-dealkylation sites (tertiary alicyclic amines) is 1. The highest BCUT2D eigenvalue weighted by atomic mass is 32.2. The number of thioether (sulfide) groups is 1. The molecule has 2 fully saturated rings. The Labute approximate surface area is 203 Å². The van der Waals surface area contributed by atoms with Crippen LogP contribution in [0.5, 0.6) is 0 Å². The molecule has 0 aromatic carbocycles. The van der Waals surface area contributed by atoms with Crippen molar-refractivity contribution in [1.29, 1.82) is 5.26 Å². The van der Waals surface area contributed by atoms with E-state index in [4.69, 9.17) is 11.0 Å². The third-order valence-electron chi connectivity index (χ3n) is 6.83. The lowest BCUT2D eigenvalue weighted by Crippen LogP contribution is -2.45. The minimum atomic E-state index is -1.20. The number of nitrogens with zero attached hydrogens (tertiary/aromatic N) is 5. The third kappa shape index (κ3) is 3.95. The van der Waals surface area contributed by atoms with E-state index in [0.717, 1.165) is 17.8 Å². The maximum atomic E-state index is 15.0. The Balaban J connectivity index is 1.47. The fraction of sp³-hybridized carbons (Fsp3) is 0.375. The molecule has 5 rings (SSSR count). The Morgan fingerprint density at radius 2 is 2.17 bits per heavy atom. The standard InChI is InChI=1S/C24H21F3N6OS/c1-23(19-8-24(19,35-22(29)32-23)21(34)33-5-4-15(25)12-33)16-6-14(11-31-20(16)27)7-17(26)18-3-2-13(9-28)10-30-18/h2-3,6-7,10-11,15,19H,4-5,8,12H2,1H3,(H2,29,32)/t15-,19+,23-,24+/m1/s1. The van der Waals surface area contributed by atoms with E-state index in [-0.39, 0.29) is 40.4 Å². The molecule has 1 saturated heterocycles. The van der Waals surface area contributed by atoms with E-state index in [1.165, 1.54) is 35.5 Å². The molecule has 2 aromatic heterocycles. The summed E-state index contributed by atoms with van der Waals surface area (Å²) in [6, 6.07) is 6.17. The van der Waals surface area contributed by atoms with Gasteiger partial charge in [-0.05, 0) is 49.6 Å². The molecular formula is C24H21F3N6OS. The van der Waals surface area contributed by atoms with Gasteiger partial charge in [0.15, 0.2) is 5.17 Å². The number of alkyl halides is 1. The van der Waals surface area contributed by atoms with E-state index in [9.17, 15) is 13.6 Å². The molecule has 0 radical (unpaired) electrons. The van der Waals surface area contributed by atoms with E-state index in [2.05, 4.69) is 15.0 Å². The van der Waals surface area contributed by atoms with Crippen molar-refractivity contribution in [2.45, 2.75) is 36.2 Å². The quantitative estimate of drug-likeness (QED) is 0.646. The number of aliphatic imine (C=N–C) groups is 1. The Morgan fingerprint density at radius 3 is 2.83 bits per heavy atom. The van der Waals surface area contributed by atoms with Gasteiger partial charge < -0.3 is 10.6 Å². The minimum Gasteiger partial charge on any atom is -0.378 e. The number of hydrogen-bond donors (Lipinski definition) is 1. The van der Waals surface area contributed by atoms with Crippen molar-refractivity contribution in [1.82, 2.24) is 14.9 Å². The van der Waals surface area contributed by atoms with Crippen LogP contribution in [0.2, 0.25) is 0 Å². The lowest BCUT2D eigenvalue weighted by atomic mass is 9.86. The maximum absolute atomic E-state index is 15.0. The molecule has 2 aromatic rings. The van der Waals surface area contributed by atoms with Gasteiger partial charge in [0, 0.05) is 30.4 Å². The molecule has 180 valence electrons. The van der Waals surface area contributed by atoms with Crippen LogP contribution in [0.4, 0.5) is 13.2 Å². The number of nitrogens with two attached hydrogens (primary N) is 1. The van der Waals surface area contributed by atoms with E-state index in [1.807, 2.05) is 6.07 Å². The van der Waals surface area contributed by atoms with E-state index < -0.39 is 28.2 Å². The van der Waals surface area contributed by atoms with Crippen molar-refractivity contribution in [2.75, 3.05) is 13.1 Å².